The molecule has 8 heteroatoms. The van der Waals surface area contributed by atoms with Gasteiger partial charge >= 0.3 is 6.55 Å². The van der Waals surface area contributed by atoms with E-state index in [1.807, 2.05) is 0 Å². The van der Waals surface area contributed by atoms with Crippen LogP contribution in [-0.4, -0.2) is 22.6 Å². The normalized spacial score (nSPS) is 11.8. The van der Waals surface area contributed by atoms with Gasteiger partial charge in [-0.1, -0.05) is 12.1 Å². The zero-order chi connectivity index (χ0) is 15.9. The molecule has 0 fully saturated rings. The Morgan fingerprint density at radius 3 is 2.77 bits per heavy atom. The molecule has 0 atom stereocenters. The number of aromatic nitrogens is 2. The minimum atomic E-state index is -2.64. The lowest BCUT2D eigenvalue weighted by Crippen LogP contribution is -2.37. The monoisotopic (exact) mass is 311 g/mol. The molecular weight excluding hydrogens is 295 g/mol. The summed E-state index contributed by atoms with van der Waals surface area (Å²) < 4.78 is 39.2. The summed E-state index contributed by atoms with van der Waals surface area (Å²) in [7, 11) is 1.56. The standard InChI is InChI=1S/C14H16F3N5/c1-18-14(20-8-10-3-2-4-11(15)7-10)21-9-12-19-5-6-22(12)13(16)17/h2-7,13H,8-9H2,1H3,(H2,18,20,21). The van der Waals surface area contributed by atoms with E-state index in [0.29, 0.717) is 12.5 Å². The number of benzene rings is 1. The fourth-order valence-corrected chi connectivity index (χ4v) is 1.87. The predicted octanol–water partition coefficient (Wildman–Crippen LogP) is 2.28. The minimum absolute atomic E-state index is 0.0974. The first-order valence-electron chi connectivity index (χ1n) is 6.59. The van der Waals surface area contributed by atoms with Crippen molar-refractivity contribution < 1.29 is 13.2 Å². The van der Waals surface area contributed by atoms with Gasteiger partial charge in [0, 0.05) is 26.0 Å². The number of imidazole rings is 1. The zero-order valence-electron chi connectivity index (χ0n) is 11.9. The molecule has 2 rings (SSSR count). The van der Waals surface area contributed by atoms with Crippen molar-refractivity contribution in [1.29, 1.82) is 0 Å². The van der Waals surface area contributed by atoms with E-state index in [0.717, 1.165) is 10.1 Å². The molecule has 2 aromatic rings. The molecule has 0 aliphatic rings. The van der Waals surface area contributed by atoms with E-state index < -0.39 is 6.55 Å². The molecule has 0 aliphatic heterocycles. The van der Waals surface area contributed by atoms with Crippen LogP contribution in [0.25, 0.3) is 0 Å². The number of nitrogens with zero attached hydrogens (tertiary/aromatic N) is 3. The molecule has 118 valence electrons. The first kappa shape index (κ1) is 15.9. The zero-order valence-corrected chi connectivity index (χ0v) is 11.9. The second-order valence-corrected chi connectivity index (χ2v) is 4.44. The van der Waals surface area contributed by atoms with Crippen molar-refractivity contribution in [3.8, 4) is 0 Å². The fourth-order valence-electron chi connectivity index (χ4n) is 1.87. The van der Waals surface area contributed by atoms with Crippen LogP contribution in [0.1, 0.15) is 17.9 Å². The molecule has 1 aromatic carbocycles. The predicted molar refractivity (Wildman–Crippen MR) is 76.9 cm³/mol. The Labute approximate surface area is 125 Å². The summed E-state index contributed by atoms with van der Waals surface area (Å²) in [6, 6.07) is 6.15. The highest BCUT2D eigenvalue weighted by molar-refractivity contribution is 5.79. The largest absolute Gasteiger partial charge is 0.352 e. The van der Waals surface area contributed by atoms with Crippen molar-refractivity contribution in [3.63, 3.8) is 0 Å². The molecule has 2 N–H and O–H groups in total. The second kappa shape index (κ2) is 7.48. The van der Waals surface area contributed by atoms with Gasteiger partial charge in [-0.25, -0.2) is 9.37 Å². The number of nitrogens with one attached hydrogen (secondary N) is 2. The van der Waals surface area contributed by atoms with Crippen LogP contribution in [0.4, 0.5) is 13.2 Å². The Hall–Kier alpha value is -2.51. The molecule has 1 aromatic heterocycles. The number of hydrogen-bond acceptors (Lipinski definition) is 2. The number of guanidine groups is 1. The van der Waals surface area contributed by atoms with Crippen LogP contribution in [-0.2, 0) is 13.1 Å². The van der Waals surface area contributed by atoms with Gasteiger partial charge in [0.25, 0.3) is 0 Å². The van der Waals surface area contributed by atoms with E-state index in [1.54, 1.807) is 19.2 Å². The third-order valence-corrected chi connectivity index (χ3v) is 2.95. The first-order valence-corrected chi connectivity index (χ1v) is 6.59. The van der Waals surface area contributed by atoms with Crippen LogP contribution < -0.4 is 10.6 Å². The maximum atomic E-state index is 13.1. The third kappa shape index (κ3) is 4.24. The van der Waals surface area contributed by atoms with Gasteiger partial charge in [-0.15, -0.1) is 0 Å². The highest BCUT2D eigenvalue weighted by Gasteiger charge is 2.11. The van der Waals surface area contributed by atoms with E-state index >= 15 is 0 Å². The van der Waals surface area contributed by atoms with Crippen molar-refractivity contribution in [2.75, 3.05) is 7.05 Å². The van der Waals surface area contributed by atoms with Crippen molar-refractivity contribution in [2.45, 2.75) is 19.6 Å². The Morgan fingerprint density at radius 1 is 1.32 bits per heavy atom. The summed E-state index contributed by atoms with van der Waals surface area (Å²) in [6.45, 7) is -2.18. The van der Waals surface area contributed by atoms with E-state index in [9.17, 15) is 13.2 Å². The molecule has 5 nitrogen and oxygen atoms in total. The summed E-state index contributed by atoms with van der Waals surface area (Å²) in [5, 5.41) is 5.85. The van der Waals surface area contributed by atoms with E-state index in [-0.39, 0.29) is 18.2 Å². The topological polar surface area (TPSA) is 54.2 Å². The van der Waals surface area contributed by atoms with Gasteiger partial charge in [0.1, 0.15) is 11.6 Å². The van der Waals surface area contributed by atoms with Gasteiger partial charge in [0.15, 0.2) is 5.96 Å². The summed E-state index contributed by atoms with van der Waals surface area (Å²) in [5.41, 5.74) is 0.747. The van der Waals surface area contributed by atoms with Crippen LogP contribution in [0.3, 0.4) is 0 Å². The SMILES string of the molecule is CN=C(NCc1cccc(F)c1)NCc1nccn1C(F)F. The van der Waals surface area contributed by atoms with E-state index in [1.165, 1.54) is 24.5 Å². The van der Waals surface area contributed by atoms with Gasteiger partial charge < -0.3 is 10.6 Å². The van der Waals surface area contributed by atoms with Crippen molar-refractivity contribution in [2.24, 2.45) is 4.99 Å². The maximum Gasteiger partial charge on any atom is 0.319 e. The molecular formula is C14H16F3N5. The maximum absolute atomic E-state index is 13.1. The highest BCUT2D eigenvalue weighted by Crippen LogP contribution is 2.11. The smallest absolute Gasteiger partial charge is 0.319 e. The lowest BCUT2D eigenvalue weighted by Gasteiger charge is -2.12. The lowest BCUT2D eigenvalue weighted by molar-refractivity contribution is 0.0668. The molecule has 0 radical (unpaired) electrons. The van der Waals surface area contributed by atoms with E-state index in [2.05, 4.69) is 20.6 Å². The average Bonchev–Trinajstić information content (AvgIpc) is 2.96. The fraction of sp³-hybridized carbons (Fsp3) is 0.286. The summed E-state index contributed by atoms with van der Waals surface area (Å²) in [4.78, 5) is 7.84. The molecule has 0 amide bonds. The number of rotatable bonds is 5. The Morgan fingerprint density at radius 2 is 2.09 bits per heavy atom. The van der Waals surface area contributed by atoms with Crippen LogP contribution in [0, 0.1) is 5.82 Å². The van der Waals surface area contributed by atoms with Crippen molar-refractivity contribution in [1.82, 2.24) is 20.2 Å². The molecule has 0 spiro atoms. The molecule has 0 bridgehead atoms. The Bertz CT molecular complexity index is 639. The van der Waals surface area contributed by atoms with Gasteiger partial charge in [0.05, 0.1) is 6.54 Å². The van der Waals surface area contributed by atoms with Gasteiger partial charge in [-0.2, -0.15) is 8.78 Å². The Balaban J connectivity index is 1.89. The molecule has 0 aliphatic carbocycles. The summed E-state index contributed by atoms with van der Waals surface area (Å²) >= 11 is 0. The molecule has 22 heavy (non-hydrogen) atoms. The minimum Gasteiger partial charge on any atom is -0.352 e. The van der Waals surface area contributed by atoms with Gasteiger partial charge in [0.2, 0.25) is 0 Å². The van der Waals surface area contributed by atoms with Gasteiger partial charge in [-0.05, 0) is 17.7 Å². The van der Waals surface area contributed by atoms with Crippen LogP contribution in [0.2, 0.25) is 0 Å². The third-order valence-electron chi connectivity index (χ3n) is 2.95. The van der Waals surface area contributed by atoms with Crippen molar-refractivity contribution >= 4 is 5.96 Å². The lowest BCUT2D eigenvalue weighted by atomic mass is 10.2. The number of alkyl halides is 2. The molecule has 0 unspecified atom stereocenters. The molecule has 0 saturated heterocycles. The quantitative estimate of drug-likeness (QED) is 0.658. The van der Waals surface area contributed by atoms with Crippen molar-refractivity contribution in [3.05, 3.63) is 53.9 Å². The highest BCUT2D eigenvalue weighted by atomic mass is 19.3. The number of hydrogen-bond donors (Lipinski definition) is 2. The summed E-state index contributed by atoms with van der Waals surface area (Å²) in [5.74, 6) is 0.290. The average molecular weight is 311 g/mol. The molecule has 1 heterocycles. The number of halogens is 3. The number of aliphatic imine (C=N–C) groups is 1. The van der Waals surface area contributed by atoms with Gasteiger partial charge in [-0.3, -0.25) is 9.56 Å². The first-order chi connectivity index (χ1) is 10.6. The van der Waals surface area contributed by atoms with E-state index in [4.69, 9.17) is 0 Å². The Kier molecular flexibility index (Phi) is 5.40. The second-order valence-electron chi connectivity index (χ2n) is 4.44. The van der Waals surface area contributed by atoms with Crippen LogP contribution >= 0.6 is 0 Å². The van der Waals surface area contributed by atoms with Crippen LogP contribution in [0.15, 0.2) is 41.7 Å². The summed E-state index contributed by atoms with van der Waals surface area (Å²) in [6.07, 6.45) is 2.52. The molecule has 0 saturated carbocycles. The van der Waals surface area contributed by atoms with Crippen LogP contribution in [0.5, 0.6) is 0 Å².